The van der Waals surface area contributed by atoms with Crippen molar-refractivity contribution in [3.05, 3.63) is 60.8 Å². The smallest absolute Gasteiger partial charge is 0.0755 e. The van der Waals surface area contributed by atoms with Crippen LogP contribution in [0, 0.1) is 0 Å². The van der Waals surface area contributed by atoms with E-state index < -0.39 is 6.10 Å². The van der Waals surface area contributed by atoms with Crippen LogP contribution in [0.15, 0.2) is 60.8 Å². The van der Waals surface area contributed by atoms with Crippen molar-refractivity contribution in [2.24, 2.45) is 0 Å². The molecule has 2 heteroatoms. The number of rotatable bonds is 14. The molecule has 0 unspecified atom stereocenters. The number of aliphatic hydroxyl groups is 2. The fourth-order valence-corrected chi connectivity index (χ4v) is 2.05. The fourth-order valence-electron chi connectivity index (χ4n) is 2.05. The standard InChI is InChI=1S/C22H36O2/c1-3-5-7-9-10-14-18-22(24)20-16-12-11-15-19-21(23)17-13-8-6-4-2/h5,7-8,10,13-16,19-24H,3-4,6,9,11-12,17-18H2,1-2H3/b7-5-,13-8-,14-10-,19-15+,20-16+/t21-,22-/m0/s1. The fraction of sp³-hybridized carbons (Fsp3) is 0.545. The van der Waals surface area contributed by atoms with E-state index in [1.807, 2.05) is 36.5 Å². The van der Waals surface area contributed by atoms with Gasteiger partial charge >= 0.3 is 0 Å². The van der Waals surface area contributed by atoms with Gasteiger partial charge in [0.15, 0.2) is 0 Å². The molecule has 0 rings (SSSR count). The highest BCUT2D eigenvalue weighted by molar-refractivity contribution is 4.99. The molecule has 0 bridgehead atoms. The molecule has 0 fully saturated rings. The molecule has 0 heterocycles. The van der Waals surface area contributed by atoms with E-state index in [1.54, 1.807) is 0 Å². The average Bonchev–Trinajstić information content (AvgIpc) is 2.58. The minimum atomic E-state index is -0.408. The number of aliphatic hydroxyl groups excluding tert-OH is 2. The number of hydrogen-bond acceptors (Lipinski definition) is 2. The van der Waals surface area contributed by atoms with Crippen molar-refractivity contribution in [1.82, 2.24) is 0 Å². The Hall–Kier alpha value is -1.38. The maximum Gasteiger partial charge on any atom is 0.0755 e. The maximum absolute atomic E-state index is 9.82. The van der Waals surface area contributed by atoms with Crippen molar-refractivity contribution in [2.75, 3.05) is 0 Å². The highest BCUT2D eigenvalue weighted by Crippen LogP contribution is 2.02. The van der Waals surface area contributed by atoms with E-state index in [0.29, 0.717) is 12.8 Å². The van der Waals surface area contributed by atoms with Gasteiger partial charge in [0, 0.05) is 0 Å². The molecule has 0 spiro atoms. The molecule has 0 radical (unpaired) electrons. The molecule has 0 aromatic rings. The van der Waals surface area contributed by atoms with Gasteiger partial charge in [-0.25, -0.2) is 0 Å². The quantitative estimate of drug-likeness (QED) is 0.319. The third-order valence-corrected chi connectivity index (χ3v) is 3.43. The van der Waals surface area contributed by atoms with Crippen LogP contribution in [-0.2, 0) is 0 Å². The van der Waals surface area contributed by atoms with Crippen molar-refractivity contribution >= 4 is 0 Å². The summed E-state index contributed by atoms with van der Waals surface area (Å²) in [6.45, 7) is 4.27. The van der Waals surface area contributed by atoms with Gasteiger partial charge in [-0.1, -0.05) is 81.0 Å². The van der Waals surface area contributed by atoms with Crippen LogP contribution in [0.1, 0.15) is 65.2 Å². The van der Waals surface area contributed by atoms with Gasteiger partial charge in [-0.2, -0.15) is 0 Å². The summed E-state index contributed by atoms with van der Waals surface area (Å²) in [4.78, 5) is 0. The third kappa shape index (κ3) is 17.0. The molecule has 0 aromatic heterocycles. The van der Waals surface area contributed by atoms with Crippen LogP contribution in [0.3, 0.4) is 0 Å². The number of unbranched alkanes of at least 4 members (excludes halogenated alkanes) is 2. The molecule has 0 aliphatic rings. The van der Waals surface area contributed by atoms with Gasteiger partial charge in [0.2, 0.25) is 0 Å². The largest absolute Gasteiger partial charge is 0.389 e. The zero-order valence-electron chi connectivity index (χ0n) is 15.5. The van der Waals surface area contributed by atoms with Crippen LogP contribution in [0.25, 0.3) is 0 Å². The van der Waals surface area contributed by atoms with Gasteiger partial charge in [0.05, 0.1) is 12.2 Å². The summed E-state index contributed by atoms with van der Waals surface area (Å²) < 4.78 is 0. The van der Waals surface area contributed by atoms with Crippen LogP contribution < -0.4 is 0 Å². The van der Waals surface area contributed by atoms with Gasteiger partial charge in [0.1, 0.15) is 0 Å². The van der Waals surface area contributed by atoms with E-state index in [-0.39, 0.29) is 6.10 Å². The second kappa shape index (κ2) is 18.0. The van der Waals surface area contributed by atoms with Crippen LogP contribution in [0.4, 0.5) is 0 Å². The first-order valence-electron chi connectivity index (χ1n) is 9.35. The monoisotopic (exact) mass is 332 g/mol. The topological polar surface area (TPSA) is 40.5 Å². The summed E-state index contributed by atoms with van der Waals surface area (Å²) in [5.74, 6) is 0. The lowest BCUT2D eigenvalue weighted by Gasteiger charge is -2.01. The molecule has 0 aromatic carbocycles. The summed E-state index contributed by atoms with van der Waals surface area (Å²) in [6, 6.07) is 0. The molecule has 2 nitrogen and oxygen atoms in total. The lowest BCUT2D eigenvalue weighted by Crippen LogP contribution is -1.99. The van der Waals surface area contributed by atoms with Crippen molar-refractivity contribution in [3.8, 4) is 0 Å². The minimum Gasteiger partial charge on any atom is -0.389 e. The summed E-state index contributed by atoms with van der Waals surface area (Å²) in [6.07, 6.45) is 26.8. The molecule has 0 aliphatic carbocycles. The minimum absolute atomic E-state index is 0.389. The lowest BCUT2D eigenvalue weighted by molar-refractivity contribution is 0.225. The van der Waals surface area contributed by atoms with Crippen molar-refractivity contribution < 1.29 is 10.2 Å². The number of allylic oxidation sites excluding steroid dienone is 6. The SMILES string of the molecule is CC/C=C\C/C=C\C[C@H](O)/C=C/CC/C=C/[C@@H](O)C/C=C\CCC. The number of hydrogen-bond donors (Lipinski definition) is 2. The molecule has 0 aliphatic heterocycles. The normalized spacial score (nSPS) is 15.7. The van der Waals surface area contributed by atoms with E-state index in [0.717, 1.165) is 38.5 Å². The Morgan fingerprint density at radius 3 is 1.71 bits per heavy atom. The van der Waals surface area contributed by atoms with Crippen LogP contribution in [0.2, 0.25) is 0 Å². The first-order valence-corrected chi connectivity index (χ1v) is 9.35. The highest BCUT2D eigenvalue weighted by Gasteiger charge is 1.95. The molecule has 0 amide bonds. The third-order valence-electron chi connectivity index (χ3n) is 3.43. The van der Waals surface area contributed by atoms with Crippen LogP contribution in [-0.4, -0.2) is 22.4 Å². The van der Waals surface area contributed by atoms with Crippen molar-refractivity contribution in [3.63, 3.8) is 0 Å². The van der Waals surface area contributed by atoms with Crippen LogP contribution >= 0.6 is 0 Å². The lowest BCUT2D eigenvalue weighted by atomic mass is 10.1. The Balaban J connectivity index is 3.72. The Kier molecular flexibility index (Phi) is 16.9. The first-order chi connectivity index (χ1) is 11.7. The van der Waals surface area contributed by atoms with E-state index in [9.17, 15) is 10.2 Å². The van der Waals surface area contributed by atoms with Gasteiger partial charge in [0.25, 0.3) is 0 Å². The van der Waals surface area contributed by atoms with E-state index in [1.165, 1.54) is 0 Å². The average molecular weight is 333 g/mol. The molecule has 24 heavy (non-hydrogen) atoms. The Labute approximate surface area is 149 Å². The predicted octanol–water partition coefficient (Wildman–Crippen LogP) is 5.65. The van der Waals surface area contributed by atoms with Gasteiger partial charge in [-0.15, -0.1) is 0 Å². The molecule has 0 saturated carbocycles. The molecule has 0 saturated heterocycles. The van der Waals surface area contributed by atoms with Gasteiger partial charge in [-0.3, -0.25) is 0 Å². The summed E-state index contributed by atoms with van der Waals surface area (Å²) in [5, 5.41) is 19.6. The second-order valence-electron chi connectivity index (χ2n) is 5.89. The zero-order valence-corrected chi connectivity index (χ0v) is 15.5. The predicted molar refractivity (Wildman–Crippen MR) is 106 cm³/mol. The van der Waals surface area contributed by atoms with E-state index in [2.05, 4.69) is 38.2 Å². The summed E-state index contributed by atoms with van der Waals surface area (Å²) >= 11 is 0. The first kappa shape index (κ1) is 22.6. The van der Waals surface area contributed by atoms with Crippen LogP contribution in [0.5, 0.6) is 0 Å². The molecule has 2 N–H and O–H groups in total. The Morgan fingerprint density at radius 1 is 0.625 bits per heavy atom. The molecular weight excluding hydrogens is 296 g/mol. The second-order valence-corrected chi connectivity index (χ2v) is 5.89. The van der Waals surface area contributed by atoms with E-state index in [4.69, 9.17) is 0 Å². The molecule has 2 atom stereocenters. The van der Waals surface area contributed by atoms with Crippen molar-refractivity contribution in [1.29, 1.82) is 0 Å². The van der Waals surface area contributed by atoms with Gasteiger partial charge < -0.3 is 10.2 Å². The Morgan fingerprint density at radius 2 is 1.17 bits per heavy atom. The maximum atomic E-state index is 9.82. The molecular formula is C22H36O2. The Bertz CT molecular complexity index is 402. The van der Waals surface area contributed by atoms with Gasteiger partial charge in [-0.05, 0) is 44.9 Å². The molecule has 136 valence electrons. The summed E-state index contributed by atoms with van der Waals surface area (Å²) in [7, 11) is 0. The zero-order chi connectivity index (χ0) is 17.9. The van der Waals surface area contributed by atoms with E-state index >= 15 is 0 Å². The summed E-state index contributed by atoms with van der Waals surface area (Å²) in [5.41, 5.74) is 0. The van der Waals surface area contributed by atoms with Crippen molar-refractivity contribution in [2.45, 2.75) is 77.4 Å². The highest BCUT2D eigenvalue weighted by atomic mass is 16.3.